The summed E-state index contributed by atoms with van der Waals surface area (Å²) in [4.78, 5) is 4.93. The Morgan fingerprint density at radius 3 is 2.66 bits per heavy atom. The lowest BCUT2D eigenvalue weighted by molar-refractivity contribution is 0.542. The van der Waals surface area contributed by atoms with E-state index in [1.807, 2.05) is 36.4 Å². The fourth-order valence-corrected chi connectivity index (χ4v) is 5.88. The predicted octanol–water partition coefficient (Wildman–Crippen LogP) is 5.86. The molecule has 0 bridgehead atoms. The van der Waals surface area contributed by atoms with E-state index in [9.17, 15) is 8.76 Å². The van der Waals surface area contributed by atoms with Crippen molar-refractivity contribution in [3.63, 3.8) is 0 Å². The van der Waals surface area contributed by atoms with Gasteiger partial charge in [0.1, 0.15) is 10.0 Å². The van der Waals surface area contributed by atoms with E-state index in [0.29, 0.717) is 12.1 Å². The Hall–Kier alpha value is -3.18. The van der Waals surface area contributed by atoms with Crippen LogP contribution in [0.15, 0.2) is 84.3 Å². The van der Waals surface area contributed by atoms with E-state index >= 15 is 0 Å². The Morgan fingerprint density at radius 1 is 1.09 bits per heavy atom. The second-order valence-electron chi connectivity index (χ2n) is 7.98. The van der Waals surface area contributed by atoms with Crippen molar-refractivity contribution in [1.82, 2.24) is 15.2 Å². The van der Waals surface area contributed by atoms with E-state index in [4.69, 9.17) is 4.98 Å². The first-order valence-corrected chi connectivity index (χ1v) is 13.8. The predicted molar refractivity (Wildman–Crippen MR) is 142 cm³/mol. The maximum atomic E-state index is 10.9. The number of benzene rings is 2. The number of hydrogen-bond acceptors (Lipinski definition) is 8. The van der Waals surface area contributed by atoms with E-state index in [0.717, 1.165) is 38.4 Å². The molecule has 5 rings (SSSR count). The smallest absolute Gasteiger partial charge is 0.206 e. The van der Waals surface area contributed by atoms with Crippen LogP contribution in [0.25, 0.3) is 10.6 Å². The largest absolute Gasteiger partial charge is 0.755 e. The number of nitrogens with one attached hydrogen (secondary N) is 2. The quantitative estimate of drug-likeness (QED) is 0.268. The molecule has 0 amide bonds. The van der Waals surface area contributed by atoms with Crippen LogP contribution in [0.1, 0.15) is 34.6 Å². The zero-order valence-corrected chi connectivity index (χ0v) is 21.0. The van der Waals surface area contributed by atoms with Crippen LogP contribution < -0.4 is 10.0 Å². The highest BCUT2D eigenvalue weighted by Crippen LogP contribution is 2.33. The molecule has 178 valence electrons. The van der Waals surface area contributed by atoms with Crippen LogP contribution in [0.4, 0.5) is 10.8 Å². The maximum absolute atomic E-state index is 10.9. The SMILES string of the molecule is O=S([O-])Nc1ccc(C[C@H](Nc2nnc(C3C=CC=CC3)s2)c2csc(-c3ccccc3)n2)cc1. The van der Waals surface area contributed by atoms with Crippen molar-refractivity contribution >= 4 is 44.8 Å². The van der Waals surface area contributed by atoms with Crippen molar-refractivity contribution < 1.29 is 8.76 Å². The van der Waals surface area contributed by atoms with E-state index in [1.54, 1.807) is 34.8 Å². The number of nitrogens with zero attached hydrogens (tertiary/aromatic N) is 3. The van der Waals surface area contributed by atoms with Gasteiger partial charge in [0, 0.05) is 33.8 Å². The second kappa shape index (κ2) is 11.0. The summed E-state index contributed by atoms with van der Waals surface area (Å²) in [6.45, 7) is 0. The fraction of sp³-hybridized carbons (Fsp3) is 0.160. The monoisotopic (exact) mass is 520 g/mol. The summed E-state index contributed by atoms with van der Waals surface area (Å²) in [5, 5.41) is 17.1. The van der Waals surface area contributed by atoms with Crippen LogP contribution in [-0.4, -0.2) is 23.9 Å². The van der Waals surface area contributed by atoms with Gasteiger partial charge in [0.2, 0.25) is 5.13 Å². The topological polar surface area (TPSA) is 103 Å². The van der Waals surface area contributed by atoms with Gasteiger partial charge >= 0.3 is 0 Å². The summed E-state index contributed by atoms with van der Waals surface area (Å²) in [6.07, 6.45) is 9.97. The van der Waals surface area contributed by atoms with Gasteiger partial charge in [-0.15, -0.1) is 21.5 Å². The van der Waals surface area contributed by atoms with Crippen LogP contribution in [0.3, 0.4) is 0 Å². The van der Waals surface area contributed by atoms with Gasteiger partial charge in [-0.2, -0.15) is 0 Å². The van der Waals surface area contributed by atoms with Crippen LogP contribution in [0, 0.1) is 0 Å². The average Bonchev–Trinajstić information content (AvgIpc) is 3.56. The normalized spacial score (nSPS) is 16.7. The molecule has 2 N–H and O–H groups in total. The van der Waals surface area contributed by atoms with Gasteiger partial charge < -0.3 is 14.6 Å². The van der Waals surface area contributed by atoms with Crippen LogP contribution in [-0.2, 0) is 17.7 Å². The third-order valence-electron chi connectivity index (χ3n) is 5.53. The van der Waals surface area contributed by atoms with Gasteiger partial charge in [-0.1, -0.05) is 78.1 Å². The van der Waals surface area contributed by atoms with Crippen LogP contribution in [0.2, 0.25) is 0 Å². The molecule has 10 heteroatoms. The Labute approximate surface area is 214 Å². The van der Waals surface area contributed by atoms with Crippen molar-refractivity contribution in [2.75, 3.05) is 10.0 Å². The van der Waals surface area contributed by atoms with Gasteiger partial charge in [-0.25, -0.2) is 4.98 Å². The van der Waals surface area contributed by atoms with Crippen molar-refractivity contribution in [3.05, 3.63) is 101 Å². The molecule has 7 nitrogen and oxygen atoms in total. The Kier molecular flexibility index (Phi) is 7.43. The van der Waals surface area contributed by atoms with Gasteiger partial charge in [0.25, 0.3) is 0 Å². The maximum Gasteiger partial charge on any atom is 0.206 e. The molecule has 0 aliphatic heterocycles. The van der Waals surface area contributed by atoms with Crippen molar-refractivity contribution in [2.24, 2.45) is 0 Å². The number of allylic oxidation sites excluding steroid dienone is 4. The molecular weight excluding hydrogens is 499 g/mol. The minimum Gasteiger partial charge on any atom is -0.755 e. The van der Waals surface area contributed by atoms with Gasteiger partial charge in [0.15, 0.2) is 0 Å². The Bertz CT molecular complexity index is 1350. The first-order chi connectivity index (χ1) is 17.1. The summed E-state index contributed by atoms with van der Waals surface area (Å²) in [6, 6.07) is 17.3. The van der Waals surface area contributed by atoms with Crippen LogP contribution in [0.5, 0.6) is 0 Å². The third kappa shape index (κ3) is 6.09. The molecule has 0 saturated heterocycles. The minimum atomic E-state index is -2.35. The highest BCUT2D eigenvalue weighted by atomic mass is 32.2. The molecule has 2 unspecified atom stereocenters. The number of hydrogen-bond donors (Lipinski definition) is 2. The van der Waals surface area contributed by atoms with Gasteiger partial charge in [-0.3, -0.25) is 4.21 Å². The molecule has 2 aromatic heterocycles. The summed E-state index contributed by atoms with van der Waals surface area (Å²) in [7, 11) is 0. The van der Waals surface area contributed by atoms with Crippen molar-refractivity contribution in [2.45, 2.75) is 24.8 Å². The molecular formula is C25H22N5O2S3-. The zero-order chi connectivity index (χ0) is 24.0. The molecule has 0 spiro atoms. The lowest BCUT2D eigenvalue weighted by Crippen LogP contribution is -2.14. The summed E-state index contributed by atoms with van der Waals surface area (Å²) >= 11 is 0.825. The van der Waals surface area contributed by atoms with Crippen molar-refractivity contribution in [1.29, 1.82) is 0 Å². The van der Waals surface area contributed by atoms with E-state index in [2.05, 4.69) is 56.0 Å². The Morgan fingerprint density at radius 2 is 1.91 bits per heavy atom. The molecule has 0 radical (unpaired) electrons. The Balaban J connectivity index is 1.39. The van der Waals surface area contributed by atoms with Gasteiger partial charge in [0.05, 0.1) is 11.7 Å². The second-order valence-corrected chi connectivity index (χ2v) is 10.5. The van der Waals surface area contributed by atoms with Gasteiger partial charge in [-0.05, 0) is 30.5 Å². The zero-order valence-electron chi connectivity index (χ0n) is 18.5. The first-order valence-electron chi connectivity index (χ1n) is 11.0. The minimum absolute atomic E-state index is 0.126. The standard InChI is InChI=1S/C25H23N5O2S3/c31-35(32)30-20-13-11-17(12-14-20)15-21(22-16-33-23(26-22)18-7-3-1-4-8-18)27-25-29-28-24(34-25)19-9-5-2-6-10-19/h1-9,11-14,16,19,21,30H,10,15H2,(H,27,29)(H,31,32)/p-1/t19?,21-/m0/s1. The number of anilines is 2. The lowest BCUT2D eigenvalue weighted by Gasteiger charge is -2.17. The average molecular weight is 521 g/mol. The number of rotatable bonds is 9. The molecule has 0 saturated carbocycles. The molecule has 4 aromatic rings. The summed E-state index contributed by atoms with van der Waals surface area (Å²) in [5.74, 6) is 0.252. The lowest BCUT2D eigenvalue weighted by atomic mass is 10.0. The molecule has 2 heterocycles. The molecule has 1 aliphatic rings. The number of thiazole rings is 1. The van der Waals surface area contributed by atoms with E-state index in [1.165, 1.54) is 0 Å². The number of aromatic nitrogens is 3. The van der Waals surface area contributed by atoms with Crippen LogP contribution >= 0.6 is 22.7 Å². The highest BCUT2D eigenvalue weighted by Gasteiger charge is 2.20. The summed E-state index contributed by atoms with van der Waals surface area (Å²) < 4.78 is 24.2. The molecule has 0 fully saturated rings. The molecule has 3 atom stereocenters. The van der Waals surface area contributed by atoms with E-state index < -0.39 is 11.3 Å². The summed E-state index contributed by atoms with van der Waals surface area (Å²) in [5.41, 5.74) is 3.58. The molecule has 35 heavy (non-hydrogen) atoms. The van der Waals surface area contributed by atoms with E-state index in [-0.39, 0.29) is 12.0 Å². The molecule has 2 aromatic carbocycles. The third-order valence-corrected chi connectivity index (χ3v) is 7.83. The first kappa shape index (κ1) is 23.6. The van der Waals surface area contributed by atoms with Crippen molar-refractivity contribution in [3.8, 4) is 10.6 Å². The fourth-order valence-electron chi connectivity index (χ4n) is 3.79. The highest BCUT2D eigenvalue weighted by molar-refractivity contribution is 7.80. The molecule has 1 aliphatic carbocycles.